The van der Waals surface area contributed by atoms with E-state index in [1.54, 1.807) is 6.33 Å². The number of hydrogen-bond donors (Lipinski definition) is 0. The molecule has 5 nitrogen and oxygen atoms in total. The van der Waals surface area contributed by atoms with Crippen LogP contribution in [0, 0.1) is 0 Å². The van der Waals surface area contributed by atoms with Crippen LogP contribution in [0.5, 0.6) is 0 Å². The summed E-state index contributed by atoms with van der Waals surface area (Å²) >= 11 is 3.48. The molecule has 0 spiro atoms. The lowest BCUT2D eigenvalue weighted by Gasteiger charge is -2.57. The first kappa shape index (κ1) is 13.2. The maximum atomic E-state index is 4.38. The zero-order chi connectivity index (χ0) is 14.2. The second-order valence-corrected chi connectivity index (χ2v) is 6.64. The van der Waals surface area contributed by atoms with Gasteiger partial charge >= 0.3 is 0 Å². The van der Waals surface area contributed by atoms with E-state index in [4.69, 9.17) is 0 Å². The molecule has 2 atom stereocenters. The molecule has 0 aliphatic carbocycles. The first-order valence-electron chi connectivity index (χ1n) is 7.16. The Labute approximate surface area is 132 Å². The van der Waals surface area contributed by atoms with Gasteiger partial charge in [0.05, 0.1) is 0 Å². The molecule has 2 aromatic heterocycles. The minimum atomic E-state index is 0.582. The van der Waals surface area contributed by atoms with Gasteiger partial charge in [-0.3, -0.25) is 9.88 Å². The van der Waals surface area contributed by atoms with Crippen molar-refractivity contribution in [2.75, 3.05) is 18.0 Å². The van der Waals surface area contributed by atoms with Crippen LogP contribution in [-0.2, 0) is 6.54 Å². The Morgan fingerprint density at radius 3 is 2.76 bits per heavy atom. The van der Waals surface area contributed by atoms with Gasteiger partial charge in [0.15, 0.2) is 0 Å². The molecule has 3 aliphatic rings. The standard InChI is InChI=1S/C15H16BrN5/c16-12-3-11(5-18-6-12)7-20-8-13-4-14(9-20)21(13)15-1-2-17-10-19-15/h1-3,5-6,10,13-14H,4,7-9H2. The lowest BCUT2D eigenvalue weighted by molar-refractivity contribution is 0.107. The maximum absolute atomic E-state index is 4.38. The summed E-state index contributed by atoms with van der Waals surface area (Å²) in [6.45, 7) is 3.15. The molecule has 6 heteroatoms. The predicted molar refractivity (Wildman–Crippen MR) is 83.9 cm³/mol. The number of halogens is 1. The van der Waals surface area contributed by atoms with Gasteiger partial charge < -0.3 is 4.90 Å². The number of hydrogen-bond acceptors (Lipinski definition) is 5. The molecule has 0 aromatic carbocycles. The van der Waals surface area contributed by atoms with E-state index in [2.05, 4.69) is 46.7 Å². The van der Waals surface area contributed by atoms with Gasteiger partial charge in [-0.15, -0.1) is 0 Å². The van der Waals surface area contributed by atoms with Crippen molar-refractivity contribution in [2.24, 2.45) is 0 Å². The van der Waals surface area contributed by atoms with Crippen molar-refractivity contribution >= 4 is 21.7 Å². The maximum Gasteiger partial charge on any atom is 0.132 e. The van der Waals surface area contributed by atoms with Crippen molar-refractivity contribution in [1.82, 2.24) is 19.9 Å². The predicted octanol–water partition coefficient (Wildman–Crippen LogP) is 2.10. The minimum Gasteiger partial charge on any atom is -0.348 e. The molecule has 5 heterocycles. The van der Waals surface area contributed by atoms with Gasteiger partial charge in [-0.2, -0.15) is 0 Å². The third-order valence-corrected chi connectivity index (χ3v) is 4.70. The van der Waals surface area contributed by atoms with Gasteiger partial charge in [0, 0.05) is 54.8 Å². The van der Waals surface area contributed by atoms with Crippen LogP contribution in [0.15, 0.2) is 41.5 Å². The number of piperazine rings is 1. The first-order valence-corrected chi connectivity index (χ1v) is 7.95. The highest BCUT2D eigenvalue weighted by atomic mass is 79.9. The van der Waals surface area contributed by atoms with E-state index >= 15 is 0 Å². The van der Waals surface area contributed by atoms with Gasteiger partial charge in [0.1, 0.15) is 12.1 Å². The third-order valence-electron chi connectivity index (χ3n) is 4.27. The van der Waals surface area contributed by atoms with Crippen LogP contribution >= 0.6 is 15.9 Å². The molecule has 3 fully saturated rings. The summed E-state index contributed by atoms with van der Waals surface area (Å²) in [4.78, 5) is 17.6. The summed E-state index contributed by atoms with van der Waals surface area (Å²) in [5, 5.41) is 0. The number of anilines is 1. The van der Waals surface area contributed by atoms with Gasteiger partial charge in [-0.1, -0.05) is 0 Å². The Kier molecular flexibility index (Phi) is 3.35. The van der Waals surface area contributed by atoms with E-state index in [1.807, 2.05) is 24.7 Å². The largest absolute Gasteiger partial charge is 0.348 e. The quantitative estimate of drug-likeness (QED) is 0.852. The zero-order valence-electron chi connectivity index (χ0n) is 11.6. The molecule has 3 aliphatic heterocycles. The molecule has 0 radical (unpaired) electrons. The SMILES string of the molecule is Brc1cncc(CN2CC3CC(C2)N3c2ccncn2)c1. The third kappa shape index (κ3) is 2.53. The van der Waals surface area contributed by atoms with Crippen LogP contribution in [0.4, 0.5) is 5.82 Å². The van der Waals surface area contributed by atoms with Crippen LogP contribution in [0.3, 0.4) is 0 Å². The lowest BCUT2D eigenvalue weighted by Crippen LogP contribution is -2.69. The topological polar surface area (TPSA) is 45.2 Å². The van der Waals surface area contributed by atoms with Crippen LogP contribution in [-0.4, -0.2) is 45.0 Å². The molecule has 21 heavy (non-hydrogen) atoms. The highest BCUT2D eigenvalue weighted by Gasteiger charge is 2.45. The normalized spacial score (nSPS) is 24.7. The molecule has 0 N–H and O–H groups in total. The fraction of sp³-hybridized carbons (Fsp3) is 0.400. The van der Waals surface area contributed by atoms with Crippen molar-refractivity contribution in [3.8, 4) is 0 Å². The zero-order valence-corrected chi connectivity index (χ0v) is 13.1. The van der Waals surface area contributed by atoms with Crippen molar-refractivity contribution < 1.29 is 0 Å². The van der Waals surface area contributed by atoms with Gasteiger partial charge in [0.2, 0.25) is 0 Å². The molecule has 2 bridgehead atoms. The molecule has 3 saturated heterocycles. The molecular formula is C15H16BrN5. The second kappa shape index (κ2) is 5.35. The van der Waals surface area contributed by atoms with Gasteiger partial charge in [-0.25, -0.2) is 9.97 Å². The average molecular weight is 346 g/mol. The summed E-state index contributed by atoms with van der Waals surface area (Å²) in [5.41, 5.74) is 1.26. The molecule has 2 unspecified atom stereocenters. The van der Waals surface area contributed by atoms with Crippen molar-refractivity contribution in [3.05, 3.63) is 47.1 Å². The molecule has 2 aromatic rings. The monoisotopic (exact) mass is 345 g/mol. The van der Waals surface area contributed by atoms with Gasteiger partial charge in [0.25, 0.3) is 0 Å². The van der Waals surface area contributed by atoms with Gasteiger partial charge in [-0.05, 0) is 40.0 Å². The second-order valence-electron chi connectivity index (χ2n) is 5.72. The summed E-state index contributed by atoms with van der Waals surface area (Å²) in [6, 6.07) is 5.32. The smallest absolute Gasteiger partial charge is 0.132 e. The Morgan fingerprint density at radius 1 is 1.19 bits per heavy atom. The number of nitrogens with zero attached hydrogens (tertiary/aromatic N) is 5. The van der Waals surface area contributed by atoms with Crippen molar-refractivity contribution in [2.45, 2.75) is 25.0 Å². The number of fused-ring (bicyclic) bond motifs is 2. The van der Waals surface area contributed by atoms with E-state index in [0.717, 1.165) is 29.9 Å². The highest BCUT2D eigenvalue weighted by molar-refractivity contribution is 9.10. The molecule has 0 saturated carbocycles. The van der Waals surface area contributed by atoms with E-state index in [1.165, 1.54) is 12.0 Å². The summed E-state index contributed by atoms with van der Waals surface area (Å²) in [7, 11) is 0. The molecule has 0 amide bonds. The molecule has 108 valence electrons. The van der Waals surface area contributed by atoms with Crippen LogP contribution < -0.4 is 4.90 Å². The van der Waals surface area contributed by atoms with E-state index in [0.29, 0.717) is 12.1 Å². The van der Waals surface area contributed by atoms with Crippen LogP contribution in [0.25, 0.3) is 0 Å². The Bertz CT molecular complexity index is 623. The minimum absolute atomic E-state index is 0.582. The summed E-state index contributed by atoms with van der Waals surface area (Å²) in [5.74, 6) is 1.06. The number of piperidine rings is 1. The average Bonchev–Trinajstić information content (AvgIpc) is 2.48. The highest BCUT2D eigenvalue weighted by Crippen LogP contribution is 2.36. The van der Waals surface area contributed by atoms with E-state index in [9.17, 15) is 0 Å². The summed E-state index contributed by atoms with van der Waals surface area (Å²) in [6.07, 6.45) is 8.51. The Hall–Kier alpha value is -1.53. The summed E-state index contributed by atoms with van der Waals surface area (Å²) < 4.78 is 1.05. The van der Waals surface area contributed by atoms with E-state index in [-0.39, 0.29) is 0 Å². The molecular weight excluding hydrogens is 330 g/mol. The lowest BCUT2D eigenvalue weighted by atomic mass is 9.87. The Morgan fingerprint density at radius 2 is 2.05 bits per heavy atom. The molecule has 5 rings (SSSR count). The van der Waals surface area contributed by atoms with Crippen LogP contribution in [0.1, 0.15) is 12.0 Å². The number of pyridine rings is 1. The first-order chi connectivity index (χ1) is 10.3. The number of rotatable bonds is 3. The van der Waals surface area contributed by atoms with Crippen molar-refractivity contribution in [1.29, 1.82) is 0 Å². The fourth-order valence-corrected chi connectivity index (χ4v) is 3.85. The fourth-order valence-electron chi connectivity index (χ4n) is 3.44. The number of aromatic nitrogens is 3. The van der Waals surface area contributed by atoms with E-state index < -0.39 is 0 Å². The van der Waals surface area contributed by atoms with Crippen LogP contribution in [0.2, 0.25) is 0 Å². The Balaban J connectivity index is 1.43. The van der Waals surface area contributed by atoms with Crippen molar-refractivity contribution in [3.63, 3.8) is 0 Å².